The molecule has 0 N–H and O–H groups in total. The van der Waals surface area contributed by atoms with Gasteiger partial charge in [-0.1, -0.05) is 30.3 Å². The maximum absolute atomic E-state index is 12.7. The van der Waals surface area contributed by atoms with Crippen LogP contribution >= 0.6 is 11.3 Å². The molecule has 0 radical (unpaired) electrons. The number of benzene rings is 2. The van der Waals surface area contributed by atoms with E-state index in [-0.39, 0.29) is 6.09 Å². The third-order valence-corrected chi connectivity index (χ3v) is 10.2. The Morgan fingerprint density at radius 3 is 2.47 bits per heavy atom. The van der Waals surface area contributed by atoms with Crippen LogP contribution < -0.4 is 4.74 Å². The molecule has 0 aliphatic carbocycles. The van der Waals surface area contributed by atoms with Crippen LogP contribution in [-0.2, 0) is 22.4 Å². The largest absolute Gasteiger partial charge is 0.493 e. The average Bonchev–Trinajstić information content (AvgIpc) is 3.38. The minimum atomic E-state index is -0.503. The summed E-state index contributed by atoms with van der Waals surface area (Å²) in [6, 6.07) is 12.8. The lowest BCUT2D eigenvalue weighted by Crippen LogP contribution is -2.58. The molecule has 0 saturated carbocycles. The zero-order chi connectivity index (χ0) is 30.2. The number of ether oxygens (including phenoxy) is 3. The van der Waals surface area contributed by atoms with Gasteiger partial charge in [0.25, 0.3) is 0 Å². The number of carbonyl (C=O) groups is 1. The quantitative estimate of drug-likeness (QED) is 0.265. The summed E-state index contributed by atoms with van der Waals surface area (Å²) in [4.78, 5) is 23.2. The van der Waals surface area contributed by atoms with Crippen molar-refractivity contribution >= 4 is 17.4 Å². The smallest absolute Gasteiger partial charge is 0.410 e. The highest BCUT2D eigenvalue weighted by molar-refractivity contribution is 7.15. The van der Waals surface area contributed by atoms with E-state index in [0.717, 1.165) is 66.1 Å². The number of amides is 1. The zero-order valence-electron chi connectivity index (χ0n) is 26.3. The molecule has 3 aliphatic heterocycles. The molecule has 8 heteroatoms. The highest BCUT2D eigenvalue weighted by Crippen LogP contribution is 2.41. The van der Waals surface area contributed by atoms with Gasteiger partial charge in [-0.15, -0.1) is 11.3 Å². The average molecular weight is 604 g/mol. The van der Waals surface area contributed by atoms with Crippen LogP contribution in [0.15, 0.2) is 36.4 Å². The van der Waals surface area contributed by atoms with Crippen LogP contribution in [0, 0.1) is 19.3 Å². The van der Waals surface area contributed by atoms with Gasteiger partial charge in [0.05, 0.1) is 18.8 Å². The Morgan fingerprint density at radius 1 is 1.02 bits per heavy atom. The molecule has 1 spiro atoms. The molecule has 230 valence electrons. The predicted molar refractivity (Wildman–Crippen MR) is 172 cm³/mol. The van der Waals surface area contributed by atoms with E-state index < -0.39 is 5.60 Å². The minimum Gasteiger partial charge on any atom is -0.493 e. The van der Waals surface area contributed by atoms with Gasteiger partial charge in [0, 0.05) is 61.7 Å². The first-order chi connectivity index (χ1) is 20.6. The maximum atomic E-state index is 12.7. The van der Waals surface area contributed by atoms with Gasteiger partial charge in [-0.3, -0.25) is 0 Å². The van der Waals surface area contributed by atoms with E-state index in [4.69, 9.17) is 19.2 Å². The number of carbonyl (C=O) groups excluding carboxylic acids is 1. The normalized spacial score (nSPS) is 18.3. The first kappa shape index (κ1) is 30.1. The number of hydrogen-bond donors (Lipinski definition) is 0. The van der Waals surface area contributed by atoms with Gasteiger partial charge in [-0.05, 0) is 82.2 Å². The van der Waals surface area contributed by atoms with Crippen molar-refractivity contribution in [3.05, 3.63) is 58.1 Å². The Bertz CT molecular complexity index is 1460. The number of rotatable bonds is 7. The van der Waals surface area contributed by atoms with E-state index >= 15 is 0 Å². The van der Waals surface area contributed by atoms with Gasteiger partial charge >= 0.3 is 6.09 Å². The molecule has 6 rings (SSSR count). The molecule has 7 nitrogen and oxygen atoms in total. The second-order valence-electron chi connectivity index (χ2n) is 13.5. The van der Waals surface area contributed by atoms with E-state index in [9.17, 15) is 4.79 Å². The van der Waals surface area contributed by atoms with E-state index in [1.54, 1.807) is 16.2 Å². The Balaban J connectivity index is 1.11. The highest BCUT2D eigenvalue weighted by atomic mass is 32.1. The molecular weight excluding hydrogens is 558 g/mol. The Hall–Kier alpha value is -2.94. The molecule has 1 amide bonds. The van der Waals surface area contributed by atoms with Crippen molar-refractivity contribution in [2.24, 2.45) is 5.41 Å². The minimum absolute atomic E-state index is 0.257. The van der Waals surface area contributed by atoms with E-state index in [1.807, 2.05) is 20.8 Å². The summed E-state index contributed by atoms with van der Waals surface area (Å²) in [6.07, 6.45) is 3.95. The van der Waals surface area contributed by atoms with Crippen molar-refractivity contribution in [3.8, 4) is 27.4 Å². The van der Waals surface area contributed by atoms with Crippen molar-refractivity contribution in [2.45, 2.75) is 72.4 Å². The van der Waals surface area contributed by atoms with Crippen LogP contribution in [0.25, 0.3) is 21.7 Å². The Morgan fingerprint density at radius 2 is 1.72 bits per heavy atom. The molecule has 4 heterocycles. The Labute approximate surface area is 260 Å². The summed E-state index contributed by atoms with van der Waals surface area (Å²) < 4.78 is 17.5. The van der Waals surface area contributed by atoms with Crippen LogP contribution in [0.1, 0.15) is 61.7 Å². The number of hydrogen-bond acceptors (Lipinski definition) is 7. The number of thiazole rings is 1. The van der Waals surface area contributed by atoms with Crippen molar-refractivity contribution in [2.75, 3.05) is 46.0 Å². The van der Waals surface area contributed by atoms with Gasteiger partial charge in [-0.25, -0.2) is 9.78 Å². The van der Waals surface area contributed by atoms with Gasteiger partial charge in [-0.2, -0.15) is 0 Å². The molecule has 0 atom stereocenters. The zero-order valence-corrected chi connectivity index (χ0v) is 27.1. The van der Waals surface area contributed by atoms with Gasteiger partial charge in [0.15, 0.2) is 0 Å². The molecule has 3 aromatic rings. The summed E-state index contributed by atoms with van der Waals surface area (Å²) in [5, 5.41) is 1.01. The van der Waals surface area contributed by atoms with Crippen molar-refractivity contribution < 1.29 is 19.0 Å². The standard InChI is InChI=1S/C35H45N3O4S/c1-24-26(9-6-11-28(24)32-36-29-13-17-38(21-31(29)43-32)33(39)42-34(3,4)5)27-10-7-12-30(25(27)2)41-18-8-16-37-22-35(23-37)14-19-40-20-15-35/h6-7,9-12H,8,13-23H2,1-5H3. The number of nitrogens with zero attached hydrogens (tertiary/aromatic N) is 3. The second-order valence-corrected chi connectivity index (χ2v) is 14.6. The third kappa shape index (κ3) is 6.61. The maximum Gasteiger partial charge on any atom is 0.410 e. The molecule has 43 heavy (non-hydrogen) atoms. The predicted octanol–water partition coefficient (Wildman–Crippen LogP) is 7.27. The van der Waals surface area contributed by atoms with Crippen LogP contribution in [0.2, 0.25) is 0 Å². The van der Waals surface area contributed by atoms with E-state index in [1.165, 1.54) is 48.2 Å². The van der Waals surface area contributed by atoms with Crippen LogP contribution in [0.4, 0.5) is 4.79 Å². The van der Waals surface area contributed by atoms with Crippen LogP contribution in [-0.4, -0.2) is 72.5 Å². The van der Waals surface area contributed by atoms with Crippen molar-refractivity contribution in [3.63, 3.8) is 0 Å². The first-order valence-electron chi connectivity index (χ1n) is 15.7. The third-order valence-electron chi connectivity index (χ3n) is 9.07. The lowest BCUT2D eigenvalue weighted by molar-refractivity contribution is -0.0811. The van der Waals surface area contributed by atoms with Gasteiger partial charge in [0.1, 0.15) is 16.4 Å². The molecule has 1 aromatic heterocycles. The van der Waals surface area contributed by atoms with Gasteiger partial charge in [0.2, 0.25) is 0 Å². The SMILES string of the molecule is Cc1c(OCCCN2CC3(CCOCC3)C2)cccc1-c1cccc(-c2nc3c(s2)CN(C(=O)OC(C)(C)C)CC3)c1C. The number of fused-ring (bicyclic) bond motifs is 1. The second kappa shape index (κ2) is 12.2. The molecule has 2 fully saturated rings. The van der Waals surface area contributed by atoms with Crippen molar-refractivity contribution in [1.82, 2.24) is 14.8 Å². The monoisotopic (exact) mass is 603 g/mol. The summed E-state index contributed by atoms with van der Waals surface area (Å²) in [7, 11) is 0. The summed E-state index contributed by atoms with van der Waals surface area (Å²) in [5.41, 5.74) is 7.02. The van der Waals surface area contributed by atoms with Gasteiger partial charge < -0.3 is 24.0 Å². The number of aromatic nitrogens is 1. The fourth-order valence-electron chi connectivity index (χ4n) is 6.67. The summed E-state index contributed by atoms with van der Waals surface area (Å²) in [6.45, 7) is 17.3. The van der Waals surface area contributed by atoms with Crippen LogP contribution in [0.3, 0.4) is 0 Å². The van der Waals surface area contributed by atoms with Crippen molar-refractivity contribution in [1.29, 1.82) is 0 Å². The lowest BCUT2D eigenvalue weighted by Gasteiger charge is -2.52. The molecular formula is C35H45N3O4S. The fraction of sp³-hybridized carbons (Fsp3) is 0.543. The van der Waals surface area contributed by atoms with E-state index in [0.29, 0.717) is 18.5 Å². The topological polar surface area (TPSA) is 64.1 Å². The highest BCUT2D eigenvalue weighted by Gasteiger charge is 2.43. The lowest BCUT2D eigenvalue weighted by atomic mass is 9.73. The molecule has 0 bridgehead atoms. The fourth-order valence-corrected chi connectivity index (χ4v) is 7.87. The molecule has 0 unspecified atom stereocenters. The number of likely N-dealkylation sites (tertiary alicyclic amines) is 1. The molecule has 2 aromatic carbocycles. The van der Waals surface area contributed by atoms with E-state index in [2.05, 4.69) is 55.1 Å². The summed E-state index contributed by atoms with van der Waals surface area (Å²) in [5.74, 6) is 0.957. The Kier molecular flexibility index (Phi) is 8.55. The molecule has 2 saturated heterocycles. The summed E-state index contributed by atoms with van der Waals surface area (Å²) >= 11 is 1.69. The molecule has 3 aliphatic rings. The first-order valence-corrected chi connectivity index (χ1v) is 16.5. The van der Waals surface area contributed by atoms with Crippen LogP contribution in [0.5, 0.6) is 5.75 Å².